The summed E-state index contributed by atoms with van der Waals surface area (Å²) in [4.78, 5) is 19.1. The zero-order chi connectivity index (χ0) is 18.7. The lowest BCUT2D eigenvalue weighted by molar-refractivity contribution is -0.121. The zero-order valence-electron chi connectivity index (χ0n) is 14.7. The SMILES string of the molecule is CC(C)CC(C)(CN)NC(=O)CNS(=O)(=O)c1c[nH]c2ncccc12. The molecule has 0 aliphatic carbocycles. The standard InChI is InChI=1S/C16H25N5O3S/c1-11(2)7-16(3,10-17)21-14(22)9-20-25(23,24)13-8-19-15-12(13)5-4-6-18-15/h4-6,8,11,20H,7,9-10,17H2,1-3H3,(H,18,19)(H,21,22). The summed E-state index contributed by atoms with van der Waals surface area (Å²) in [6, 6.07) is 3.31. The average molecular weight is 367 g/mol. The van der Waals surface area contributed by atoms with Crippen molar-refractivity contribution in [1.82, 2.24) is 20.0 Å². The van der Waals surface area contributed by atoms with E-state index in [9.17, 15) is 13.2 Å². The number of fused-ring (bicyclic) bond motifs is 1. The molecule has 0 saturated heterocycles. The average Bonchev–Trinajstić information content (AvgIpc) is 2.97. The molecule has 2 aromatic rings. The Hall–Kier alpha value is -1.97. The Kier molecular flexibility index (Phi) is 5.81. The van der Waals surface area contributed by atoms with Crippen molar-refractivity contribution in [3.63, 3.8) is 0 Å². The van der Waals surface area contributed by atoms with Crippen LogP contribution >= 0.6 is 0 Å². The van der Waals surface area contributed by atoms with E-state index in [4.69, 9.17) is 5.73 Å². The largest absolute Gasteiger partial charge is 0.349 e. The predicted molar refractivity (Wildman–Crippen MR) is 96.3 cm³/mol. The summed E-state index contributed by atoms with van der Waals surface area (Å²) in [5.74, 6) is -0.0700. The van der Waals surface area contributed by atoms with Crippen molar-refractivity contribution in [2.24, 2.45) is 11.7 Å². The van der Waals surface area contributed by atoms with Gasteiger partial charge in [-0.05, 0) is 31.4 Å². The van der Waals surface area contributed by atoms with Crippen LogP contribution in [0, 0.1) is 5.92 Å². The molecule has 0 radical (unpaired) electrons. The Bertz CT molecular complexity index is 846. The Labute approximate surface area is 147 Å². The third-order valence-electron chi connectivity index (χ3n) is 3.88. The fourth-order valence-electron chi connectivity index (χ4n) is 2.86. The summed E-state index contributed by atoms with van der Waals surface area (Å²) in [7, 11) is -3.84. The van der Waals surface area contributed by atoms with E-state index in [0.717, 1.165) is 0 Å². The Morgan fingerprint density at radius 2 is 2.16 bits per heavy atom. The highest BCUT2D eigenvalue weighted by Crippen LogP contribution is 2.20. The van der Waals surface area contributed by atoms with E-state index in [1.807, 2.05) is 20.8 Å². The van der Waals surface area contributed by atoms with Gasteiger partial charge in [0, 0.05) is 29.9 Å². The van der Waals surface area contributed by atoms with Crippen molar-refractivity contribution in [3.05, 3.63) is 24.5 Å². The van der Waals surface area contributed by atoms with Gasteiger partial charge >= 0.3 is 0 Å². The van der Waals surface area contributed by atoms with E-state index in [1.165, 1.54) is 6.20 Å². The molecular formula is C16H25N5O3S. The third-order valence-corrected chi connectivity index (χ3v) is 5.32. The summed E-state index contributed by atoms with van der Waals surface area (Å²) in [6.45, 7) is 5.84. The topological polar surface area (TPSA) is 130 Å². The first-order chi connectivity index (χ1) is 11.7. The van der Waals surface area contributed by atoms with Crippen molar-refractivity contribution >= 4 is 27.0 Å². The fraction of sp³-hybridized carbons (Fsp3) is 0.500. The molecule has 138 valence electrons. The maximum Gasteiger partial charge on any atom is 0.243 e. The Balaban J connectivity index is 2.05. The molecule has 5 N–H and O–H groups in total. The number of nitrogens with zero attached hydrogens (tertiary/aromatic N) is 1. The Morgan fingerprint density at radius 1 is 1.44 bits per heavy atom. The van der Waals surface area contributed by atoms with E-state index in [-0.39, 0.29) is 18.0 Å². The second-order valence-electron chi connectivity index (χ2n) is 6.79. The minimum atomic E-state index is -3.84. The van der Waals surface area contributed by atoms with Crippen molar-refractivity contribution in [3.8, 4) is 0 Å². The molecule has 0 bridgehead atoms. The molecular weight excluding hydrogens is 342 g/mol. The van der Waals surface area contributed by atoms with Gasteiger partial charge in [-0.2, -0.15) is 0 Å². The molecule has 1 atom stereocenters. The first-order valence-corrected chi connectivity index (χ1v) is 9.58. The molecule has 0 spiro atoms. The van der Waals surface area contributed by atoms with Crippen LogP contribution in [-0.2, 0) is 14.8 Å². The summed E-state index contributed by atoms with van der Waals surface area (Å²) >= 11 is 0. The van der Waals surface area contributed by atoms with Gasteiger partial charge in [0.25, 0.3) is 0 Å². The second kappa shape index (κ2) is 7.51. The minimum absolute atomic E-state index is 0.0622. The van der Waals surface area contributed by atoms with E-state index in [0.29, 0.717) is 23.4 Å². The lowest BCUT2D eigenvalue weighted by Crippen LogP contribution is -2.54. The highest BCUT2D eigenvalue weighted by molar-refractivity contribution is 7.89. The molecule has 9 heteroatoms. The fourth-order valence-corrected chi connectivity index (χ4v) is 4.00. The number of sulfonamides is 1. The smallest absolute Gasteiger partial charge is 0.243 e. The van der Waals surface area contributed by atoms with Gasteiger partial charge in [0.05, 0.1) is 6.54 Å². The zero-order valence-corrected chi connectivity index (χ0v) is 15.5. The Morgan fingerprint density at radius 3 is 2.80 bits per heavy atom. The van der Waals surface area contributed by atoms with Gasteiger partial charge in [0.15, 0.2) is 0 Å². The molecule has 0 aliphatic heterocycles. The number of pyridine rings is 1. The summed E-state index contributed by atoms with van der Waals surface area (Å²) in [6.07, 6.45) is 3.63. The number of hydrogen-bond donors (Lipinski definition) is 4. The number of hydrogen-bond acceptors (Lipinski definition) is 5. The number of aromatic nitrogens is 2. The summed E-state index contributed by atoms with van der Waals surface area (Å²) in [5, 5.41) is 3.29. The molecule has 1 amide bonds. The molecule has 0 fully saturated rings. The number of rotatable bonds is 8. The van der Waals surface area contributed by atoms with Gasteiger partial charge in [-0.3, -0.25) is 4.79 Å². The predicted octanol–water partition coefficient (Wildman–Crippen LogP) is 0.721. The highest BCUT2D eigenvalue weighted by Gasteiger charge is 2.27. The van der Waals surface area contributed by atoms with E-state index < -0.39 is 21.5 Å². The highest BCUT2D eigenvalue weighted by atomic mass is 32.2. The van der Waals surface area contributed by atoms with Crippen LogP contribution in [0.25, 0.3) is 11.0 Å². The normalized spacial score (nSPS) is 14.6. The van der Waals surface area contributed by atoms with Crippen LogP contribution in [0.5, 0.6) is 0 Å². The molecule has 2 rings (SSSR count). The van der Waals surface area contributed by atoms with Crippen molar-refractivity contribution in [2.45, 2.75) is 37.6 Å². The van der Waals surface area contributed by atoms with Crippen molar-refractivity contribution < 1.29 is 13.2 Å². The molecule has 0 aromatic carbocycles. The van der Waals surface area contributed by atoms with Crippen LogP contribution in [0.15, 0.2) is 29.4 Å². The molecule has 8 nitrogen and oxygen atoms in total. The molecule has 0 saturated carbocycles. The third kappa shape index (κ3) is 4.77. The number of carbonyl (C=O) groups is 1. The van der Waals surface area contributed by atoms with Crippen molar-refractivity contribution in [1.29, 1.82) is 0 Å². The van der Waals surface area contributed by atoms with Gasteiger partial charge in [0.2, 0.25) is 15.9 Å². The van der Waals surface area contributed by atoms with Crippen LogP contribution in [-0.4, -0.2) is 42.9 Å². The van der Waals surface area contributed by atoms with Gasteiger partial charge in [-0.15, -0.1) is 0 Å². The van der Waals surface area contributed by atoms with Crippen LogP contribution in [0.1, 0.15) is 27.2 Å². The van der Waals surface area contributed by atoms with Gasteiger partial charge < -0.3 is 16.0 Å². The summed E-state index contributed by atoms with van der Waals surface area (Å²) < 4.78 is 27.2. The number of amides is 1. The molecule has 25 heavy (non-hydrogen) atoms. The van der Waals surface area contributed by atoms with E-state index in [1.54, 1.807) is 18.3 Å². The number of H-pyrrole nitrogens is 1. The van der Waals surface area contributed by atoms with Gasteiger partial charge in [0.1, 0.15) is 10.5 Å². The first-order valence-electron chi connectivity index (χ1n) is 8.10. The summed E-state index contributed by atoms with van der Waals surface area (Å²) in [5.41, 5.74) is 5.66. The molecule has 2 heterocycles. The van der Waals surface area contributed by atoms with E-state index >= 15 is 0 Å². The van der Waals surface area contributed by atoms with Crippen LogP contribution in [0.2, 0.25) is 0 Å². The second-order valence-corrected chi connectivity index (χ2v) is 8.52. The minimum Gasteiger partial charge on any atom is -0.349 e. The number of nitrogens with two attached hydrogens (primary N) is 1. The lowest BCUT2D eigenvalue weighted by atomic mass is 9.91. The van der Waals surface area contributed by atoms with Crippen LogP contribution in [0.4, 0.5) is 0 Å². The number of aromatic amines is 1. The van der Waals surface area contributed by atoms with Crippen molar-refractivity contribution in [2.75, 3.05) is 13.1 Å². The number of nitrogens with one attached hydrogen (secondary N) is 3. The lowest BCUT2D eigenvalue weighted by Gasteiger charge is -2.31. The maximum atomic E-state index is 12.5. The number of carbonyl (C=O) groups excluding carboxylic acids is 1. The van der Waals surface area contributed by atoms with Crippen LogP contribution in [0.3, 0.4) is 0 Å². The van der Waals surface area contributed by atoms with Gasteiger partial charge in [-0.1, -0.05) is 13.8 Å². The molecule has 0 aliphatic rings. The van der Waals surface area contributed by atoms with Crippen LogP contribution < -0.4 is 15.8 Å². The first kappa shape index (κ1) is 19.4. The molecule has 2 aromatic heterocycles. The van der Waals surface area contributed by atoms with E-state index in [2.05, 4.69) is 20.0 Å². The monoisotopic (exact) mass is 367 g/mol. The van der Waals surface area contributed by atoms with Gasteiger partial charge in [-0.25, -0.2) is 18.1 Å². The molecule has 1 unspecified atom stereocenters. The maximum absolute atomic E-state index is 12.5. The quantitative estimate of drug-likeness (QED) is 0.546.